The maximum absolute atomic E-state index is 5.42. The lowest BCUT2D eigenvalue weighted by Gasteiger charge is -2.23. The quantitative estimate of drug-likeness (QED) is 0.843. The average Bonchev–Trinajstić information content (AvgIpc) is 2.31. The van der Waals surface area contributed by atoms with Gasteiger partial charge in [-0.25, -0.2) is 4.98 Å². The molecule has 1 saturated heterocycles. The maximum atomic E-state index is 5.42. The third-order valence-electron chi connectivity index (χ3n) is 2.78. The molecule has 4 nitrogen and oxygen atoms in total. The van der Waals surface area contributed by atoms with Crippen LogP contribution < -0.4 is 10.2 Å². The molecule has 1 aliphatic heterocycles. The lowest BCUT2D eigenvalue weighted by atomic mass is 10.1. The van der Waals surface area contributed by atoms with Crippen molar-refractivity contribution in [1.82, 2.24) is 4.98 Å². The molecule has 1 unspecified atom stereocenters. The van der Waals surface area contributed by atoms with Crippen LogP contribution in [0.5, 0.6) is 0 Å². The molecular weight excluding hydrogens is 202 g/mol. The topological polar surface area (TPSA) is 37.4 Å². The summed E-state index contributed by atoms with van der Waals surface area (Å²) in [5.41, 5.74) is 1.12. The number of ether oxygens (including phenoxy) is 1. The summed E-state index contributed by atoms with van der Waals surface area (Å²) >= 11 is 0. The van der Waals surface area contributed by atoms with Gasteiger partial charge in [0, 0.05) is 20.7 Å². The van der Waals surface area contributed by atoms with Gasteiger partial charge in [-0.05, 0) is 25.0 Å². The van der Waals surface area contributed by atoms with Gasteiger partial charge in [0.1, 0.15) is 5.82 Å². The molecular formula is C12H19N3O. The van der Waals surface area contributed by atoms with Gasteiger partial charge in [0.05, 0.1) is 24.5 Å². The van der Waals surface area contributed by atoms with Crippen molar-refractivity contribution in [1.29, 1.82) is 0 Å². The Morgan fingerprint density at radius 3 is 2.88 bits per heavy atom. The second-order valence-corrected chi connectivity index (χ2v) is 4.35. The van der Waals surface area contributed by atoms with Crippen LogP contribution in [0.4, 0.5) is 11.5 Å². The van der Waals surface area contributed by atoms with Crippen LogP contribution >= 0.6 is 0 Å². The molecule has 1 aromatic rings. The molecule has 0 aliphatic carbocycles. The molecule has 88 valence electrons. The van der Waals surface area contributed by atoms with Crippen LogP contribution in [0.3, 0.4) is 0 Å². The third kappa shape index (κ3) is 2.85. The highest BCUT2D eigenvalue weighted by molar-refractivity contribution is 5.48. The summed E-state index contributed by atoms with van der Waals surface area (Å²) in [6.07, 6.45) is 4.18. The van der Waals surface area contributed by atoms with Crippen LogP contribution in [0.25, 0.3) is 0 Å². The van der Waals surface area contributed by atoms with E-state index in [0.29, 0.717) is 6.04 Å². The van der Waals surface area contributed by atoms with Crippen LogP contribution in [0.1, 0.15) is 12.8 Å². The van der Waals surface area contributed by atoms with Gasteiger partial charge in [-0.2, -0.15) is 0 Å². The fraction of sp³-hybridized carbons (Fsp3) is 0.583. The Hall–Kier alpha value is -1.29. The van der Waals surface area contributed by atoms with E-state index < -0.39 is 0 Å². The molecule has 16 heavy (non-hydrogen) atoms. The molecule has 0 spiro atoms. The molecule has 1 aromatic heterocycles. The molecule has 0 aromatic carbocycles. The van der Waals surface area contributed by atoms with Crippen molar-refractivity contribution in [3.05, 3.63) is 18.3 Å². The second-order valence-electron chi connectivity index (χ2n) is 4.35. The molecule has 1 aliphatic rings. The first kappa shape index (κ1) is 11.2. The summed E-state index contributed by atoms with van der Waals surface area (Å²) in [5, 5.41) is 3.39. The molecule has 1 fully saturated rings. The number of pyridine rings is 1. The van der Waals surface area contributed by atoms with E-state index in [4.69, 9.17) is 4.74 Å². The lowest BCUT2D eigenvalue weighted by Crippen LogP contribution is -2.30. The maximum Gasteiger partial charge on any atom is 0.126 e. The monoisotopic (exact) mass is 221 g/mol. The van der Waals surface area contributed by atoms with E-state index in [1.807, 2.05) is 31.3 Å². The van der Waals surface area contributed by atoms with E-state index in [1.165, 1.54) is 0 Å². The van der Waals surface area contributed by atoms with Gasteiger partial charge < -0.3 is 15.0 Å². The molecule has 0 amide bonds. The van der Waals surface area contributed by atoms with Crippen LogP contribution in [0, 0.1) is 0 Å². The fourth-order valence-electron chi connectivity index (χ4n) is 1.80. The minimum atomic E-state index is 0.409. The molecule has 0 bridgehead atoms. The summed E-state index contributed by atoms with van der Waals surface area (Å²) in [6.45, 7) is 1.68. The van der Waals surface area contributed by atoms with Crippen LogP contribution in [0.2, 0.25) is 0 Å². The van der Waals surface area contributed by atoms with Crippen LogP contribution in [-0.4, -0.2) is 38.3 Å². The Balaban J connectivity index is 1.93. The lowest BCUT2D eigenvalue weighted by molar-refractivity contribution is 0.0875. The van der Waals surface area contributed by atoms with Crippen LogP contribution in [0.15, 0.2) is 18.3 Å². The molecule has 1 N–H and O–H groups in total. The Bertz CT molecular complexity index is 318. The molecule has 0 saturated carbocycles. The van der Waals surface area contributed by atoms with Crippen LogP contribution in [-0.2, 0) is 4.74 Å². The summed E-state index contributed by atoms with van der Waals surface area (Å²) in [7, 11) is 4.03. The molecule has 2 rings (SSSR count). The van der Waals surface area contributed by atoms with Gasteiger partial charge in [0.15, 0.2) is 0 Å². The van der Waals surface area contributed by atoms with Crippen molar-refractivity contribution in [3.63, 3.8) is 0 Å². The number of hydrogen-bond donors (Lipinski definition) is 1. The van der Waals surface area contributed by atoms with Gasteiger partial charge in [-0.1, -0.05) is 0 Å². The summed E-state index contributed by atoms with van der Waals surface area (Å²) < 4.78 is 5.42. The molecule has 1 atom stereocenters. The van der Waals surface area contributed by atoms with Crippen molar-refractivity contribution in [3.8, 4) is 0 Å². The van der Waals surface area contributed by atoms with Gasteiger partial charge in [0.25, 0.3) is 0 Å². The molecule has 4 heteroatoms. The van der Waals surface area contributed by atoms with E-state index in [2.05, 4.69) is 16.4 Å². The number of nitrogens with zero attached hydrogens (tertiary/aromatic N) is 2. The summed E-state index contributed by atoms with van der Waals surface area (Å²) in [4.78, 5) is 6.43. The minimum Gasteiger partial charge on any atom is -0.379 e. The first-order valence-corrected chi connectivity index (χ1v) is 5.73. The van der Waals surface area contributed by atoms with Gasteiger partial charge in [-0.15, -0.1) is 0 Å². The summed E-state index contributed by atoms with van der Waals surface area (Å²) in [5.74, 6) is 0.932. The van der Waals surface area contributed by atoms with E-state index in [9.17, 15) is 0 Å². The third-order valence-corrected chi connectivity index (χ3v) is 2.78. The largest absolute Gasteiger partial charge is 0.379 e. The van der Waals surface area contributed by atoms with E-state index >= 15 is 0 Å². The highest BCUT2D eigenvalue weighted by atomic mass is 16.5. The SMILES string of the molecule is CN(C)c1ccc(NC2CCCOC2)nc1. The van der Waals surface area contributed by atoms with Gasteiger partial charge in [0.2, 0.25) is 0 Å². The van der Waals surface area contributed by atoms with Crippen molar-refractivity contribution >= 4 is 11.5 Å². The smallest absolute Gasteiger partial charge is 0.126 e. The highest BCUT2D eigenvalue weighted by Crippen LogP contribution is 2.15. The second kappa shape index (κ2) is 5.16. The standard InChI is InChI=1S/C12H19N3O/c1-15(2)11-5-6-12(13-8-11)14-10-4-3-7-16-9-10/h5-6,8,10H,3-4,7,9H2,1-2H3,(H,13,14). The number of nitrogens with one attached hydrogen (secondary N) is 1. The molecule has 0 radical (unpaired) electrons. The van der Waals surface area contributed by atoms with Crippen molar-refractivity contribution in [2.75, 3.05) is 37.5 Å². The normalized spacial score (nSPS) is 20.5. The number of rotatable bonds is 3. The zero-order valence-corrected chi connectivity index (χ0v) is 9.94. The summed E-state index contributed by atoms with van der Waals surface area (Å²) in [6, 6.07) is 4.50. The van der Waals surface area contributed by atoms with E-state index in [-0.39, 0.29) is 0 Å². The number of anilines is 2. The predicted molar refractivity (Wildman–Crippen MR) is 66.0 cm³/mol. The Labute approximate surface area is 96.6 Å². The van der Waals surface area contributed by atoms with Crippen molar-refractivity contribution < 1.29 is 4.74 Å². The Morgan fingerprint density at radius 1 is 1.44 bits per heavy atom. The van der Waals surface area contributed by atoms with Gasteiger partial charge in [-0.3, -0.25) is 0 Å². The fourth-order valence-corrected chi connectivity index (χ4v) is 1.80. The number of hydrogen-bond acceptors (Lipinski definition) is 4. The zero-order chi connectivity index (χ0) is 11.4. The Morgan fingerprint density at radius 2 is 2.31 bits per heavy atom. The molecule has 2 heterocycles. The first-order valence-electron chi connectivity index (χ1n) is 5.73. The average molecular weight is 221 g/mol. The number of aromatic nitrogens is 1. The first-order chi connectivity index (χ1) is 7.75. The van der Waals surface area contributed by atoms with Crippen molar-refractivity contribution in [2.24, 2.45) is 0 Å². The highest BCUT2D eigenvalue weighted by Gasteiger charge is 2.13. The van der Waals surface area contributed by atoms with Crippen molar-refractivity contribution in [2.45, 2.75) is 18.9 Å². The zero-order valence-electron chi connectivity index (χ0n) is 9.94. The van der Waals surface area contributed by atoms with E-state index in [1.54, 1.807) is 0 Å². The predicted octanol–water partition coefficient (Wildman–Crippen LogP) is 1.74. The van der Waals surface area contributed by atoms with Gasteiger partial charge >= 0.3 is 0 Å². The Kier molecular flexibility index (Phi) is 3.62. The minimum absolute atomic E-state index is 0.409. The van der Waals surface area contributed by atoms with E-state index in [0.717, 1.165) is 37.6 Å².